The molecule has 0 unspecified atom stereocenters. The molecule has 0 aromatic carbocycles. The predicted molar refractivity (Wildman–Crippen MR) is 79.1 cm³/mol. The highest BCUT2D eigenvalue weighted by Gasteiger charge is 2.17. The van der Waals surface area contributed by atoms with E-state index in [1.54, 1.807) is 0 Å². The number of aryl methyl sites for hydroxylation is 1. The lowest BCUT2D eigenvalue weighted by Crippen LogP contribution is -2.32. The third-order valence-electron chi connectivity index (χ3n) is 4.07. The first-order valence-electron chi connectivity index (χ1n) is 7.70. The van der Waals surface area contributed by atoms with E-state index < -0.39 is 0 Å². The molecule has 1 fully saturated rings. The number of likely N-dealkylation sites (tertiary alicyclic amines) is 1. The van der Waals surface area contributed by atoms with Crippen LogP contribution in [0.5, 0.6) is 0 Å². The van der Waals surface area contributed by atoms with Crippen molar-refractivity contribution in [2.45, 2.75) is 53.1 Å². The molecule has 0 amide bonds. The van der Waals surface area contributed by atoms with E-state index in [1.165, 1.54) is 37.9 Å². The van der Waals surface area contributed by atoms with E-state index in [-0.39, 0.29) is 0 Å². The topological polar surface area (TPSA) is 28.4 Å². The third-order valence-corrected chi connectivity index (χ3v) is 4.07. The monoisotopic (exact) mass is 264 g/mol. The van der Waals surface area contributed by atoms with Gasteiger partial charge in [0.15, 0.2) is 0 Å². The lowest BCUT2D eigenvalue weighted by atomic mass is 9.99. The minimum atomic E-state index is 0.892. The van der Waals surface area contributed by atoms with Gasteiger partial charge in [-0.3, -0.25) is 4.90 Å². The Labute approximate surface area is 117 Å². The number of hydrogen-bond donors (Lipinski definition) is 1. The summed E-state index contributed by atoms with van der Waals surface area (Å²) in [5.74, 6) is 3.09. The quantitative estimate of drug-likeness (QED) is 0.799. The average molecular weight is 264 g/mol. The molecular weight excluding hydrogens is 236 g/mol. The summed E-state index contributed by atoms with van der Waals surface area (Å²) in [7, 11) is 0. The van der Waals surface area contributed by atoms with E-state index in [0.717, 1.165) is 37.1 Å². The summed E-state index contributed by atoms with van der Waals surface area (Å²) in [5.41, 5.74) is 1.31. The molecule has 1 saturated heterocycles. The highest BCUT2D eigenvalue weighted by Crippen LogP contribution is 2.20. The highest BCUT2D eigenvalue weighted by atomic mass is 16.3. The van der Waals surface area contributed by atoms with Crippen LogP contribution < -0.4 is 5.32 Å². The van der Waals surface area contributed by atoms with Gasteiger partial charge in [0, 0.05) is 12.1 Å². The van der Waals surface area contributed by atoms with Gasteiger partial charge in [-0.15, -0.1) is 0 Å². The van der Waals surface area contributed by atoms with Gasteiger partial charge >= 0.3 is 0 Å². The van der Waals surface area contributed by atoms with Crippen molar-refractivity contribution < 1.29 is 4.42 Å². The van der Waals surface area contributed by atoms with E-state index in [9.17, 15) is 0 Å². The minimum Gasteiger partial charge on any atom is -0.465 e. The van der Waals surface area contributed by atoms with Crippen molar-refractivity contribution in [3.63, 3.8) is 0 Å². The predicted octanol–water partition coefficient (Wildman–Crippen LogP) is 3.32. The third kappa shape index (κ3) is 4.36. The number of nitrogens with one attached hydrogen (secondary N) is 1. The molecule has 2 rings (SSSR count). The molecule has 0 spiro atoms. The normalized spacial score (nSPS) is 18.1. The summed E-state index contributed by atoms with van der Waals surface area (Å²) in [6, 6.07) is 2.23. The SMILES string of the molecule is CCCNCc1cc(CN2CCC(C)CC2)oc1C. The minimum absolute atomic E-state index is 0.892. The Morgan fingerprint density at radius 3 is 2.79 bits per heavy atom. The van der Waals surface area contributed by atoms with Crippen LogP contribution in [0.1, 0.15) is 50.2 Å². The van der Waals surface area contributed by atoms with E-state index >= 15 is 0 Å². The van der Waals surface area contributed by atoms with Crippen molar-refractivity contribution in [1.82, 2.24) is 10.2 Å². The Bertz CT molecular complexity index is 378. The molecule has 0 radical (unpaired) electrons. The van der Waals surface area contributed by atoms with Gasteiger partial charge in [0.2, 0.25) is 0 Å². The second kappa shape index (κ2) is 7.11. The molecule has 1 aromatic rings. The number of hydrogen-bond acceptors (Lipinski definition) is 3. The maximum Gasteiger partial charge on any atom is 0.118 e. The van der Waals surface area contributed by atoms with Crippen LogP contribution in [0.2, 0.25) is 0 Å². The van der Waals surface area contributed by atoms with Crippen molar-refractivity contribution in [1.29, 1.82) is 0 Å². The van der Waals surface area contributed by atoms with Crippen molar-refractivity contribution in [3.05, 3.63) is 23.2 Å². The molecule has 3 heteroatoms. The molecule has 0 atom stereocenters. The Hall–Kier alpha value is -0.800. The highest BCUT2D eigenvalue weighted by molar-refractivity contribution is 5.20. The van der Waals surface area contributed by atoms with Crippen molar-refractivity contribution in [2.75, 3.05) is 19.6 Å². The van der Waals surface area contributed by atoms with Crippen LogP contribution >= 0.6 is 0 Å². The molecule has 0 bridgehead atoms. The number of piperidine rings is 1. The largest absolute Gasteiger partial charge is 0.465 e. The van der Waals surface area contributed by atoms with Crippen LogP contribution in [0.4, 0.5) is 0 Å². The van der Waals surface area contributed by atoms with E-state index in [0.29, 0.717) is 0 Å². The zero-order chi connectivity index (χ0) is 13.7. The zero-order valence-corrected chi connectivity index (χ0v) is 12.7. The molecule has 2 heterocycles. The van der Waals surface area contributed by atoms with Gasteiger partial charge in [-0.1, -0.05) is 13.8 Å². The molecule has 1 aromatic heterocycles. The first-order valence-corrected chi connectivity index (χ1v) is 7.70. The van der Waals surface area contributed by atoms with Crippen LogP contribution in [0, 0.1) is 12.8 Å². The second-order valence-electron chi connectivity index (χ2n) is 5.93. The first-order chi connectivity index (χ1) is 9.19. The van der Waals surface area contributed by atoms with E-state index in [4.69, 9.17) is 4.42 Å². The van der Waals surface area contributed by atoms with Crippen LogP contribution in [0.15, 0.2) is 10.5 Å². The van der Waals surface area contributed by atoms with Gasteiger partial charge in [-0.25, -0.2) is 0 Å². The molecule has 1 aliphatic rings. The number of furan rings is 1. The maximum atomic E-state index is 5.89. The number of nitrogens with zero attached hydrogens (tertiary/aromatic N) is 1. The standard InChI is InChI=1S/C16H28N2O/c1-4-7-17-11-15-10-16(19-14(15)3)12-18-8-5-13(2)6-9-18/h10,13,17H,4-9,11-12H2,1-3H3. The molecule has 0 saturated carbocycles. The summed E-state index contributed by atoms with van der Waals surface area (Å²) >= 11 is 0. The lowest BCUT2D eigenvalue weighted by molar-refractivity contribution is 0.173. The Balaban J connectivity index is 1.85. The van der Waals surface area contributed by atoms with Crippen molar-refractivity contribution in [2.24, 2.45) is 5.92 Å². The maximum absolute atomic E-state index is 5.89. The average Bonchev–Trinajstić information content (AvgIpc) is 2.73. The second-order valence-corrected chi connectivity index (χ2v) is 5.93. The molecule has 3 nitrogen and oxygen atoms in total. The van der Waals surface area contributed by atoms with E-state index in [1.807, 2.05) is 0 Å². The smallest absolute Gasteiger partial charge is 0.118 e. The molecule has 108 valence electrons. The molecule has 19 heavy (non-hydrogen) atoms. The van der Waals surface area contributed by atoms with Crippen molar-refractivity contribution in [3.8, 4) is 0 Å². The van der Waals surface area contributed by atoms with Crippen molar-refractivity contribution >= 4 is 0 Å². The fourth-order valence-corrected chi connectivity index (χ4v) is 2.68. The van der Waals surface area contributed by atoms with Gasteiger partial charge in [0.05, 0.1) is 6.54 Å². The Kier molecular flexibility index (Phi) is 5.46. The summed E-state index contributed by atoms with van der Waals surface area (Å²) in [5, 5.41) is 3.44. The fourth-order valence-electron chi connectivity index (χ4n) is 2.68. The van der Waals surface area contributed by atoms with Gasteiger partial charge < -0.3 is 9.73 Å². The summed E-state index contributed by atoms with van der Waals surface area (Å²) < 4.78 is 5.89. The molecule has 1 N–H and O–H groups in total. The lowest BCUT2D eigenvalue weighted by Gasteiger charge is -2.29. The van der Waals surface area contributed by atoms with Gasteiger partial charge in [0.25, 0.3) is 0 Å². The van der Waals surface area contributed by atoms with Gasteiger partial charge in [-0.2, -0.15) is 0 Å². The zero-order valence-electron chi connectivity index (χ0n) is 12.7. The van der Waals surface area contributed by atoms with Gasteiger partial charge in [-0.05, 0) is 57.8 Å². The summed E-state index contributed by atoms with van der Waals surface area (Å²) in [4.78, 5) is 2.52. The van der Waals surface area contributed by atoms with Crippen LogP contribution in [0.3, 0.4) is 0 Å². The van der Waals surface area contributed by atoms with Gasteiger partial charge in [0.1, 0.15) is 11.5 Å². The Morgan fingerprint density at radius 2 is 2.11 bits per heavy atom. The summed E-state index contributed by atoms with van der Waals surface area (Å²) in [6.45, 7) is 12.0. The summed E-state index contributed by atoms with van der Waals surface area (Å²) in [6.07, 6.45) is 3.82. The molecule has 0 aliphatic carbocycles. The number of rotatable bonds is 6. The van der Waals surface area contributed by atoms with E-state index in [2.05, 4.69) is 37.1 Å². The first kappa shape index (κ1) is 14.6. The van der Waals surface area contributed by atoms with Crippen LogP contribution in [-0.4, -0.2) is 24.5 Å². The van der Waals surface area contributed by atoms with Crippen LogP contribution in [-0.2, 0) is 13.1 Å². The Morgan fingerprint density at radius 1 is 1.37 bits per heavy atom. The molecular formula is C16H28N2O. The fraction of sp³-hybridized carbons (Fsp3) is 0.750. The van der Waals surface area contributed by atoms with Crippen LogP contribution in [0.25, 0.3) is 0 Å². The molecule has 1 aliphatic heterocycles.